The molecule has 0 aliphatic heterocycles. The molecule has 0 saturated carbocycles. The van der Waals surface area contributed by atoms with E-state index >= 15 is 0 Å². The Morgan fingerprint density at radius 2 is 2.14 bits per heavy atom. The van der Waals surface area contributed by atoms with Crippen LogP contribution in [-0.2, 0) is 0 Å². The van der Waals surface area contributed by atoms with Gasteiger partial charge in [-0.05, 0) is 52.9 Å². The number of amides is 1. The summed E-state index contributed by atoms with van der Waals surface area (Å²) in [4.78, 5) is 20.4. The Hall–Kier alpha value is -2.22. The van der Waals surface area contributed by atoms with Crippen LogP contribution in [-0.4, -0.2) is 20.4 Å². The van der Waals surface area contributed by atoms with E-state index in [4.69, 9.17) is 0 Å². The Bertz CT molecular complexity index is 754. The molecular formula is C15H11IN4O. The molecule has 3 aromatic rings. The topological polar surface area (TPSA) is 59.8 Å². The van der Waals surface area contributed by atoms with Crippen molar-refractivity contribution in [3.8, 4) is 5.82 Å². The van der Waals surface area contributed by atoms with Crippen molar-refractivity contribution in [2.75, 3.05) is 5.32 Å². The highest BCUT2D eigenvalue weighted by Gasteiger charge is 2.07. The molecule has 21 heavy (non-hydrogen) atoms. The number of halogens is 1. The van der Waals surface area contributed by atoms with Crippen molar-refractivity contribution in [1.82, 2.24) is 14.5 Å². The molecule has 0 saturated heterocycles. The van der Waals surface area contributed by atoms with Gasteiger partial charge in [-0.3, -0.25) is 9.36 Å². The van der Waals surface area contributed by atoms with Crippen LogP contribution in [0.1, 0.15) is 10.4 Å². The van der Waals surface area contributed by atoms with Crippen molar-refractivity contribution in [3.63, 3.8) is 0 Å². The van der Waals surface area contributed by atoms with Gasteiger partial charge in [0, 0.05) is 27.8 Å². The second-order valence-electron chi connectivity index (χ2n) is 4.34. The van der Waals surface area contributed by atoms with Gasteiger partial charge in [0.15, 0.2) is 0 Å². The number of carbonyl (C=O) groups is 1. The molecule has 0 radical (unpaired) electrons. The fraction of sp³-hybridized carbons (Fsp3) is 0. The van der Waals surface area contributed by atoms with Crippen molar-refractivity contribution in [1.29, 1.82) is 0 Å². The molecule has 0 atom stereocenters. The van der Waals surface area contributed by atoms with Crippen molar-refractivity contribution in [2.24, 2.45) is 0 Å². The van der Waals surface area contributed by atoms with Crippen molar-refractivity contribution in [3.05, 3.63) is 70.4 Å². The van der Waals surface area contributed by atoms with E-state index in [1.807, 2.05) is 24.3 Å². The molecule has 0 unspecified atom stereocenters. The van der Waals surface area contributed by atoms with Gasteiger partial charge in [-0.2, -0.15) is 0 Å². The average Bonchev–Trinajstić information content (AvgIpc) is 3.01. The minimum atomic E-state index is -0.179. The third kappa shape index (κ3) is 3.27. The van der Waals surface area contributed by atoms with Gasteiger partial charge < -0.3 is 5.32 Å². The summed E-state index contributed by atoms with van der Waals surface area (Å²) in [6, 6.07) is 11.2. The molecule has 2 aromatic heterocycles. The number of benzene rings is 1. The maximum Gasteiger partial charge on any atom is 0.257 e. The second kappa shape index (κ2) is 6.04. The number of anilines is 1. The summed E-state index contributed by atoms with van der Waals surface area (Å²) in [5.41, 5.74) is 1.28. The minimum Gasteiger partial charge on any atom is -0.322 e. The maximum absolute atomic E-state index is 12.2. The number of nitrogens with one attached hydrogen (secondary N) is 1. The van der Waals surface area contributed by atoms with Crippen LogP contribution in [0.3, 0.4) is 0 Å². The average molecular weight is 390 g/mol. The van der Waals surface area contributed by atoms with Gasteiger partial charge in [-0.15, -0.1) is 0 Å². The van der Waals surface area contributed by atoms with E-state index in [0.29, 0.717) is 5.56 Å². The van der Waals surface area contributed by atoms with Gasteiger partial charge in [-0.1, -0.05) is 6.07 Å². The molecule has 3 rings (SSSR count). The van der Waals surface area contributed by atoms with Crippen molar-refractivity contribution in [2.45, 2.75) is 0 Å². The number of rotatable bonds is 3. The third-order valence-corrected chi connectivity index (χ3v) is 3.53. The van der Waals surface area contributed by atoms with Gasteiger partial charge >= 0.3 is 0 Å². The first-order chi connectivity index (χ1) is 10.2. The summed E-state index contributed by atoms with van der Waals surface area (Å²) in [5, 5.41) is 2.85. The molecule has 6 heteroatoms. The van der Waals surface area contributed by atoms with E-state index in [2.05, 4.69) is 37.9 Å². The second-order valence-corrected chi connectivity index (χ2v) is 5.59. The number of aromatic nitrogens is 3. The van der Waals surface area contributed by atoms with Gasteiger partial charge in [0.25, 0.3) is 5.91 Å². The van der Waals surface area contributed by atoms with Crippen LogP contribution in [0.4, 0.5) is 5.69 Å². The van der Waals surface area contributed by atoms with Gasteiger partial charge in [0.05, 0.1) is 5.56 Å². The molecule has 0 spiro atoms. The lowest BCUT2D eigenvalue weighted by Crippen LogP contribution is -2.12. The number of hydrogen-bond acceptors (Lipinski definition) is 3. The summed E-state index contributed by atoms with van der Waals surface area (Å²) >= 11 is 2.20. The molecule has 1 amide bonds. The molecule has 0 aliphatic carbocycles. The van der Waals surface area contributed by atoms with Crippen LogP contribution in [0.2, 0.25) is 0 Å². The molecule has 0 fully saturated rings. The van der Waals surface area contributed by atoms with E-state index in [-0.39, 0.29) is 5.91 Å². The zero-order valence-electron chi connectivity index (χ0n) is 10.9. The maximum atomic E-state index is 12.2. The fourth-order valence-corrected chi connectivity index (χ4v) is 2.38. The lowest BCUT2D eigenvalue weighted by atomic mass is 10.2. The monoisotopic (exact) mass is 390 g/mol. The summed E-state index contributed by atoms with van der Waals surface area (Å²) in [6.45, 7) is 0. The zero-order chi connectivity index (χ0) is 14.7. The van der Waals surface area contributed by atoms with Crippen LogP contribution in [0.15, 0.2) is 61.3 Å². The Labute approximate surface area is 135 Å². The van der Waals surface area contributed by atoms with E-state index < -0.39 is 0 Å². The van der Waals surface area contributed by atoms with Crippen LogP contribution >= 0.6 is 22.6 Å². The number of imidazole rings is 1. The van der Waals surface area contributed by atoms with Gasteiger partial charge in [0.2, 0.25) is 0 Å². The highest BCUT2D eigenvalue weighted by molar-refractivity contribution is 14.1. The largest absolute Gasteiger partial charge is 0.322 e. The molecule has 0 bridgehead atoms. The number of carbonyl (C=O) groups excluding carboxylic acids is 1. The number of pyridine rings is 1. The van der Waals surface area contributed by atoms with Crippen molar-refractivity contribution >= 4 is 34.2 Å². The van der Waals surface area contributed by atoms with Crippen LogP contribution < -0.4 is 5.32 Å². The number of hydrogen-bond donors (Lipinski definition) is 1. The first-order valence-electron chi connectivity index (χ1n) is 6.24. The molecule has 0 aliphatic rings. The standard InChI is InChI=1S/C15H11IN4O/c16-12-2-1-3-13(8-12)19-15(21)11-4-5-14(18-9-11)20-7-6-17-10-20/h1-10H,(H,19,21). The summed E-state index contributed by atoms with van der Waals surface area (Å²) in [7, 11) is 0. The lowest BCUT2D eigenvalue weighted by molar-refractivity contribution is 0.102. The predicted molar refractivity (Wildman–Crippen MR) is 88.5 cm³/mol. The van der Waals surface area contributed by atoms with E-state index in [1.165, 1.54) is 0 Å². The van der Waals surface area contributed by atoms with E-state index in [1.54, 1.807) is 41.6 Å². The van der Waals surface area contributed by atoms with Crippen molar-refractivity contribution < 1.29 is 4.79 Å². The Kier molecular flexibility index (Phi) is 3.96. The zero-order valence-corrected chi connectivity index (χ0v) is 13.1. The van der Waals surface area contributed by atoms with Crippen LogP contribution in [0.5, 0.6) is 0 Å². The first-order valence-corrected chi connectivity index (χ1v) is 7.31. The summed E-state index contributed by atoms with van der Waals surface area (Å²) in [5.74, 6) is 0.542. The molecule has 2 heterocycles. The highest BCUT2D eigenvalue weighted by Crippen LogP contribution is 2.14. The predicted octanol–water partition coefficient (Wildman–Crippen LogP) is 3.12. The highest BCUT2D eigenvalue weighted by atomic mass is 127. The van der Waals surface area contributed by atoms with Crippen LogP contribution in [0.25, 0.3) is 5.82 Å². The normalized spacial score (nSPS) is 10.3. The Balaban J connectivity index is 1.76. The quantitative estimate of drug-likeness (QED) is 0.700. The molecule has 5 nitrogen and oxygen atoms in total. The summed E-state index contributed by atoms with van der Waals surface area (Å²) < 4.78 is 2.85. The smallest absolute Gasteiger partial charge is 0.257 e. The molecule has 104 valence electrons. The molecular weight excluding hydrogens is 379 g/mol. The number of nitrogens with zero attached hydrogens (tertiary/aromatic N) is 3. The van der Waals surface area contributed by atoms with E-state index in [9.17, 15) is 4.79 Å². The third-order valence-electron chi connectivity index (χ3n) is 2.86. The molecule has 1 aromatic carbocycles. The first kappa shape index (κ1) is 13.7. The van der Waals surface area contributed by atoms with Crippen LogP contribution in [0, 0.1) is 3.57 Å². The Morgan fingerprint density at radius 1 is 1.24 bits per heavy atom. The van der Waals surface area contributed by atoms with Gasteiger partial charge in [-0.25, -0.2) is 9.97 Å². The van der Waals surface area contributed by atoms with Gasteiger partial charge in [0.1, 0.15) is 12.1 Å². The lowest BCUT2D eigenvalue weighted by Gasteiger charge is -2.06. The summed E-state index contributed by atoms with van der Waals surface area (Å²) in [6.07, 6.45) is 6.69. The van der Waals surface area contributed by atoms with E-state index in [0.717, 1.165) is 15.1 Å². The minimum absolute atomic E-state index is 0.179. The SMILES string of the molecule is O=C(Nc1cccc(I)c1)c1ccc(-n2ccnc2)nc1. The fourth-order valence-electron chi connectivity index (χ4n) is 1.84. The Morgan fingerprint density at radius 3 is 2.81 bits per heavy atom. The molecule has 1 N–H and O–H groups in total.